The number of aromatic nitrogens is 1. The largest absolute Gasteiger partial charge is 0.357 e. The van der Waals surface area contributed by atoms with Crippen molar-refractivity contribution in [3.63, 3.8) is 0 Å². The van der Waals surface area contributed by atoms with Crippen LogP contribution in [0.1, 0.15) is 36.5 Å². The van der Waals surface area contributed by atoms with Crippen molar-refractivity contribution < 1.29 is 9.18 Å². The summed E-state index contributed by atoms with van der Waals surface area (Å²) in [6.45, 7) is 5.61. The minimum atomic E-state index is -0.363. The lowest BCUT2D eigenvalue weighted by atomic mass is 10.0. The molecule has 1 aliphatic rings. The van der Waals surface area contributed by atoms with Crippen molar-refractivity contribution in [2.24, 2.45) is 0 Å². The molecule has 1 aromatic carbocycles. The van der Waals surface area contributed by atoms with Gasteiger partial charge in [0.1, 0.15) is 17.5 Å². The van der Waals surface area contributed by atoms with Crippen LogP contribution < -0.4 is 10.2 Å². The number of nitrogens with zero attached hydrogens (tertiary/aromatic N) is 3. The highest BCUT2D eigenvalue weighted by Gasteiger charge is 2.23. The van der Waals surface area contributed by atoms with Gasteiger partial charge in [0.15, 0.2) is 0 Å². The molecule has 0 bridgehead atoms. The molecule has 152 valence electrons. The molecule has 0 unspecified atom stereocenters. The molecule has 2 heterocycles. The predicted molar refractivity (Wildman–Crippen MR) is 114 cm³/mol. The van der Waals surface area contributed by atoms with Crippen LogP contribution in [0.15, 0.2) is 42.5 Å². The Morgan fingerprint density at radius 2 is 1.89 bits per heavy atom. The van der Waals surface area contributed by atoms with Gasteiger partial charge in [-0.2, -0.15) is 0 Å². The first kappa shape index (κ1) is 22.1. The summed E-state index contributed by atoms with van der Waals surface area (Å²) in [6.07, 6.45) is 3.42. The molecule has 2 aromatic rings. The number of carbonyl (C=O) groups excluding carboxylic acids is 1. The standard InChI is InChI=1S/C21H27FN4O.ClH/c1-3-13-26-14-11-18(12-15-26)25(2)20-6-4-5-19(23-20)24-21(27)16-7-9-17(22)10-8-16;/h4-10,18H,3,11-15H2,1-2H3,(H,23,24,27);1H. The number of hydrogen-bond donors (Lipinski definition) is 1. The minimum absolute atomic E-state index is 0. The molecule has 1 aromatic heterocycles. The summed E-state index contributed by atoms with van der Waals surface area (Å²) in [5, 5.41) is 2.79. The van der Waals surface area contributed by atoms with Crippen LogP contribution in [-0.4, -0.2) is 48.5 Å². The number of nitrogens with one attached hydrogen (secondary N) is 1. The van der Waals surface area contributed by atoms with Crippen molar-refractivity contribution in [3.05, 3.63) is 53.8 Å². The number of benzene rings is 1. The van der Waals surface area contributed by atoms with E-state index < -0.39 is 0 Å². The molecule has 1 fully saturated rings. The van der Waals surface area contributed by atoms with E-state index in [1.165, 1.54) is 37.2 Å². The van der Waals surface area contributed by atoms with Crippen molar-refractivity contribution in [1.29, 1.82) is 0 Å². The van der Waals surface area contributed by atoms with Crippen molar-refractivity contribution in [3.8, 4) is 0 Å². The van der Waals surface area contributed by atoms with Crippen molar-refractivity contribution in [2.75, 3.05) is 36.9 Å². The maximum Gasteiger partial charge on any atom is 0.256 e. The second-order valence-corrected chi connectivity index (χ2v) is 7.03. The number of piperidine rings is 1. The summed E-state index contributed by atoms with van der Waals surface area (Å²) in [4.78, 5) is 21.6. The van der Waals surface area contributed by atoms with E-state index in [2.05, 4.69) is 34.1 Å². The van der Waals surface area contributed by atoms with E-state index in [-0.39, 0.29) is 24.1 Å². The molecule has 0 spiro atoms. The van der Waals surface area contributed by atoms with Gasteiger partial charge in [0.2, 0.25) is 0 Å². The van der Waals surface area contributed by atoms with Gasteiger partial charge in [-0.1, -0.05) is 13.0 Å². The Hall–Kier alpha value is -2.18. The summed E-state index contributed by atoms with van der Waals surface area (Å²) >= 11 is 0. The molecule has 0 saturated carbocycles. The molecule has 28 heavy (non-hydrogen) atoms. The molecule has 7 heteroatoms. The number of hydrogen-bond acceptors (Lipinski definition) is 4. The quantitative estimate of drug-likeness (QED) is 0.780. The van der Waals surface area contributed by atoms with Gasteiger partial charge in [0.05, 0.1) is 0 Å². The van der Waals surface area contributed by atoms with Gasteiger partial charge in [-0.25, -0.2) is 9.37 Å². The Morgan fingerprint density at radius 3 is 2.54 bits per heavy atom. The third kappa shape index (κ3) is 5.66. The molecule has 1 N–H and O–H groups in total. The van der Waals surface area contributed by atoms with Crippen LogP contribution in [0, 0.1) is 5.82 Å². The fourth-order valence-corrected chi connectivity index (χ4v) is 3.51. The monoisotopic (exact) mass is 406 g/mol. The molecule has 3 rings (SSSR count). The second-order valence-electron chi connectivity index (χ2n) is 7.03. The zero-order chi connectivity index (χ0) is 19.2. The van der Waals surface area contributed by atoms with Crippen LogP contribution in [0.25, 0.3) is 0 Å². The Kier molecular flexibility index (Phi) is 8.20. The first-order chi connectivity index (χ1) is 13.1. The van der Waals surface area contributed by atoms with Gasteiger partial charge in [0.25, 0.3) is 5.91 Å². The highest BCUT2D eigenvalue weighted by atomic mass is 35.5. The van der Waals surface area contributed by atoms with Crippen LogP contribution in [0.3, 0.4) is 0 Å². The second kappa shape index (κ2) is 10.4. The zero-order valence-electron chi connectivity index (χ0n) is 16.4. The average Bonchev–Trinajstić information content (AvgIpc) is 2.69. The molecule has 1 amide bonds. The highest BCUT2D eigenvalue weighted by Crippen LogP contribution is 2.22. The summed E-state index contributed by atoms with van der Waals surface area (Å²) in [6, 6.07) is 11.6. The smallest absolute Gasteiger partial charge is 0.256 e. The number of amides is 1. The van der Waals surface area contributed by atoms with Crippen molar-refractivity contribution in [1.82, 2.24) is 9.88 Å². The van der Waals surface area contributed by atoms with E-state index in [0.717, 1.165) is 31.7 Å². The number of carbonyl (C=O) groups is 1. The van der Waals surface area contributed by atoms with Crippen LogP contribution in [0.5, 0.6) is 0 Å². The minimum Gasteiger partial charge on any atom is -0.357 e. The van der Waals surface area contributed by atoms with Gasteiger partial charge in [-0.05, 0) is 62.2 Å². The molecular weight excluding hydrogens is 379 g/mol. The molecule has 0 radical (unpaired) electrons. The molecule has 0 aliphatic carbocycles. The SMILES string of the molecule is CCCN1CCC(N(C)c2cccc(NC(=O)c3ccc(F)cc3)n2)CC1.Cl. The molecule has 1 saturated heterocycles. The Bertz CT molecular complexity index is 763. The van der Waals surface area contributed by atoms with Crippen LogP contribution in [0.4, 0.5) is 16.0 Å². The maximum absolute atomic E-state index is 13.0. The number of pyridine rings is 1. The van der Waals surface area contributed by atoms with Crippen LogP contribution >= 0.6 is 12.4 Å². The summed E-state index contributed by atoms with van der Waals surface area (Å²) in [7, 11) is 2.06. The normalized spacial score (nSPS) is 15.0. The summed E-state index contributed by atoms with van der Waals surface area (Å²) < 4.78 is 13.0. The molecular formula is C21H28ClFN4O. The van der Waals surface area contributed by atoms with E-state index in [0.29, 0.717) is 17.4 Å². The van der Waals surface area contributed by atoms with Crippen molar-refractivity contribution >= 4 is 29.9 Å². The lowest BCUT2D eigenvalue weighted by Gasteiger charge is -2.37. The molecule has 1 aliphatic heterocycles. The third-order valence-electron chi connectivity index (χ3n) is 5.09. The number of halogens is 2. The van der Waals surface area contributed by atoms with E-state index >= 15 is 0 Å². The third-order valence-corrected chi connectivity index (χ3v) is 5.09. The fraction of sp³-hybridized carbons (Fsp3) is 0.429. The van der Waals surface area contributed by atoms with Gasteiger partial charge in [-0.3, -0.25) is 4.79 Å². The van der Waals surface area contributed by atoms with Crippen LogP contribution in [0.2, 0.25) is 0 Å². The molecule has 5 nitrogen and oxygen atoms in total. The first-order valence-electron chi connectivity index (χ1n) is 9.56. The van der Waals surface area contributed by atoms with E-state index in [1.54, 1.807) is 6.07 Å². The van der Waals surface area contributed by atoms with Gasteiger partial charge >= 0.3 is 0 Å². The Morgan fingerprint density at radius 1 is 1.21 bits per heavy atom. The van der Waals surface area contributed by atoms with E-state index in [9.17, 15) is 9.18 Å². The first-order valence-corrected chi connectivity index (χ1v) is 9.56. The van der Waals surface area contributed by atoms with E-state index in [4.69, 9.17) is 0 Å². The summed E-state index contributed by atoms with van der Waals surface area (Å²) in [5.41, 5.74) is 0.403. The number of anilines is 2. The van der Waals surface area contributed by atoms with E-state index in [1.807, 2.05) is 12.1 Å². The Labute approximate surface area is 172 Å². The lowest BCUT2D eigenvalue weighted by molar-refractivity contribution is 0.102. The topological polar surface area (TPSA) is 48.5 Å². The lowest BCUT2D eigenvalue weighted by Crippen LogP contribution is -2.43. The predicted octanol–water partition coefficient (Wildman–Crippen LogP) is 4.21. The summed E-state index contributed by atoms with van der Waals surface area (Å²) in [5.74, 6) is 0.686. The van der Waals surface area contributed by atoms with Gasteiger partial charge in [-0.15, -0.1) is 12.4 Å². The Balaban J connectivity index is 0.00000280. The van der Waals surface area contributed by atoms with Crippen LogP contribution in [-0.2, 0) is 0 Å². The van der Waals surface area contributed by atoms with Gasteiger partial charge in [0, 0.05) is 31.7 Å². The highest BCUT2D eigenvalue weighted by molar-refractivity contribution is 6.03. The fourth-order valence-electron chi connectivity index (χ4n) is 3.51. The maximum atomic E-state index is 13.0. The molecule has 0 atom stereocenters. The zero-order valence-corrected chi connectivity index (χ0v) is 17.2. The number of likely N-dealkylation sites (tertiary alicyclic amines) is 1. The van der Waals surface area contributed by atoms with Crippen molar-refractivity contribution in [2.45, 2.75) is 32.2 Å². The van der Waals surface area contributed by atoms with Gasteiger partial charge < -0.3 is 15.1 Å². The number of rotatable bonds is 6. The average molecular weight is 407 g/mol.